The van der Waals surface area contributed by atoms with Crippen LogP contribution in [0.1, 0.15) is 18.1 Å². The maximum Gasteiger partial charge on any atom is 0.255 e. The molecule has 0 atom stereocenters. The van der Waals surface area contributed by atoms with Crippen molar-refractivity contribution in [2.45, 2.75) is 19.9 Å². The molecule has 8 heteroatoms. The summed E-state index contributed by atoms with van der Waals surface area (Å²) in [6.45, 7) is 3.53. The van der Waals surface area contributed by atoms with E-state index in [9.17, 15) is 9.18 Å². The van der Waals surface area contributed by atoms with Crippen LogP contribution in [0, 0.1) is 5.82 Å². The Bertz CT molecular complexity index is 786. The summed E-state index contributed by atoms with van der Waals surface area (Å²) in [6, 6.07) is 14.1. The molecule has 2 aromatic rings. The first kappa shape index (κ1) is 23.7. The van der Waals surface area contributed by atoms with Gasteiger partial charge < -0.3 is 21.1 Å². The Labute approximate surface area is 181 Å². The third kappa shape index (κ3) is 8.55. The van der Waals surface area contributed by atoms with Crippen LogP contribution in [0.3, 0.4) is 0 Å². The van der Waals surface area contributed by atoms with Gasteiger partial charge in [-0.25, -0.2) is 9.38 Å². The van der Waals surface area contributed by atoms with Crippen LogP contribution in [-0.4, -0.2) is 31.6 Å². The van der Waals surface area contributed by atoms with Crippen molar-refractivity contribution < 1.29 is 13.9 Å². The van der Waals surface area contributed by atoms with Crippen molar-refractivity contribution in [3.8, 4) is 5.75 Å². The lowest BCUT2D eigenvalue weighted by molar-refractivity contribution is -0.119. The summed E-state index contributed by atoms with van der Waals surface area (Å²) in [6.07, 6.45) is 0.563. The van der Waals surface area contributed by atoms with Gasteiger partial charge >= 0.3 is 0 Å². The molecular formula is C20H26FIN4O2. The van der Waals surface area contributed by atoms with Crippen LogP contribution in [-0.2, 0) is 17.8 Å². The number of carbonyl (C=O) groups excluding carboxylic acids is 1. The van der Waals surface area contributed by atoms with Gasteiger partial charge in [-0.1, -0.05) is 30.3 Å². The lowest BCUT2D eigenvalue weighted by Crippen LogP contribution is -2.38. The summed E-state index contributed by atoms with van der Waals surface area (Å²) in [7, 11) is 0. The predicted octanol–water partition coefficient (Wildman–Crippen LogP) is 2.61. The quantitative estimate of drug-likeness (QED) is 0.281. The van der Waals surface area contributed by atoms with Crippen LogP contribution in [0.5, 0.6) is 5.75 Å². The Morgan fingerprint density at radius 3 is 2.68 bits per heavy atom. The van der Waals surface area contributed by atoms with E-state index in [4.69, 9.17) is 10.5 Å². The fourth-order valence-corrected chi connectivity index (χ4v) is 2.42. The standard InChI is InChI=1S/C20H25FN4O2.HI/c1-2-23-20(24-11-10-16-7-3-4-9-18(16)21)25-13-15-6-5-8-17(12-15)27-14-19(22)26;/h3-9,12H,2,10-11,13-14H2,1H3,(H2,22,26)(H2,23,24,25);1H. The zero-order valence-electron chi connectivity index (χ0n) is 15.8. The summed E-state index contributed by atoms with van der Waals surface area (Å²) < 4.78 is 19.0. The maximum atomic E-state index is 13.7. The maximum absolute atomic E-state index is 13.7. The smallest absolute Gasteiger partial charge is 0.255 e. The number of amides is 1. The second-order valence-electron chi connectivity index (χ2n) is 5.87. The van der Waals surface area contributed by atoms with Crippen molar-refractivity contribution in [1.82, 2.24) is 10.6 Å². The number of hydrogen-bond acceptors (Lipinski definition) is 3. The number of benzene rings is 2. The van der Waals surface area contributed by atoms with Crippen molar-refractivity contribution in [2.24, 2.45) is 10.7 Å². The van der Waals surface area contributed by atoms with Gasteiger partial charge in [-0.3, -0.25) is 4.79 Å². The highest BCUT2D eigenvalue weighted by Gasteiger charge is 2.03. The van der Waals surface area contributed by atoms with Gasteiger partial charge in [0.1, 0.15) is 11.6 Å². The number of rotatable bonds is 9. The minimum atomic E-state index is -0.521. The topological polar surface area (TPSA) is 88.7 Å². The molecule has 0 bridgehead atoms. The number of nitrogens with two attached hydrogens (primary N) is 1. The molecule has 0 fully saturated rings. The number of nitrogens with one attached hydrogen (secondary N) is 2. The molecule has 4 N–H and O–H groups in total. The molecule has 0 aliphatic rings. The molecule has 6 nitrogen and oxygen atoms in total. The highest BCUT2D eigenvalue weighted by Crippen LogP contribution is 2.14. The second kappa shape index (κ2) is 12.9. The van der Waals surface area contributed by atoms with Gasteiger partial charge in [0.15, 0.2) is 12.6 Å². The number of halogens is 2. The van der Waals surface area contributed by atoms with E-state index in [-0.39, 0.29) is 36.4 Å². The van der Waals surface area contributed by atoms with Gasteiger partial charge in [0.25, 0.3) is 5.91 Å². The summed E-state index contributed by atoms with van der Waals surface area (Å²) in [4.78, 5) is 15.3. The highest BCUT2D eigenvalue weighted by molar-refractivity contribution is 14.0. The molecule has 0 saturated heterocycles. The van der Waals surface area contributed by atoms with E-state index >= 15 is 0 Å². The molecule has 0 unspecified atom stereocenters. The first-order chi connectivity index (χ1) is 13.1. The molecule has 0 aromatic heterocycles. The van der Waals surface area contributed by atoms with Gasteiger partial charge in [0.2, 0.25) is 0 Å². The Hall–Kier alpha value is -2.36. The lowest BCUT2D eigenvalue weighted by Gasteiger charge is -2.12. The van der Waals surface area contributed by atoms with E-state index in [2.05, 4.69) is 15.6 Å². The van der Waals surface area contributed by atoms with Gasteiger partial charge in [-0.2, -0.15) is 0 Å². The van der Waals surface area contributed by atoms with E-state index in [1.165, 1.54) is 6.07 Å². The van der Waals surface area contributed by atoms with Crippen LogP contribution in [0.2, 0.25) is 0 Å². The minimum Gasteiger partial charge on any atom is -0.484 e. The molecule has 2 rings (SSSR count). The minimum absolute atomic E-state index is 0. The van der Waals surface area contributed by atoms with Gasteiger partial charge in [0, 0.05) is 13.1 Å². The zero-order chi connectivity index (χ0) is 19.5. The van der Waals surface area contributed by atoms with E-state index in [0.29, 0.717) is 43.3 Å². The van der Waals surface area contributed by atoms with Gasteiger partial charge in [-0.15, -0.1) is 24.0 Å². The van der Waals surface area contributed by atoms with Crippen LogP contribution < -0.4 is 21.1 Å². The molecule has 0 saturated carbocycles. The van der Waals surface area contributed by atoms with Crippen molar-refractivity contribution in [3.05, 3.63) is 65.5 Å². The molecule has 0 aliphatic heterocycles. The largest absolute Gasteiger partial charge is 0.484 e. The normalized spacial score (nSPS) is 10.7. The van der Waals surface area contributed by atoms with Crippen molar-refractivity contribution in [1.29, 1.82) is 0 Å². The average Bonchev–Trinajstić information content (AvgIpc) is 2.66. The van der Waals surface area contributed by atoms with E-state index in [1.54, 1.807) is 18.2 Å². The number of primary amides is 1. The number of nitrogens with zero attached hydrogens (tertiary/aromatic N) is 1. The van der Waals surface area contributed by atoms with Crippen LogP contribution >= 0.6 is 24.0 Å². The van der Waals surface area contributed by atoms with Crippen molar-refractivity contribution in [2.75, 3.05) is 19.7 Å². The molecule has 0 heterocycles. The van der Waals surface area contributed by atoms with E-state index < -0.39 is 5.91 Å². The lowest BCUT2D eigenvalue weighted by atomic mass is 10.1. The zero-order valence-corrected chi connectivity index (χ0v) is 18.1. The first-order valence-electron chi connectivity index (χ1n) is 8.84. The summed E-state index contributed by atoms with van der Waals surface area (Å²) in [5, 5.41) is 6.36. The third-order valence-electron chi connectivity index (χ3n) is 3.69. The van der Waals surface area contributed by atoms with Crippen LogP contribution in [0.25, 0.3) is 0 Å². The average molecular weight is 500 g/mol. The Kier molecular flexibility index (Phi) is 10.9. The van der Waals surface area contributed by atoms with Gasteiger partial charge in [-0.05, 0) is 42.7 Å². The van der Waals surface area contributed by atoms with Crippen LogP contribution in [0.15, 0.2) is 53.5 Å². The number of carbonyl (C=O) groups is 1. The second-order valence-corrected chi connectivity index (χ2v) is 5.87. The fraction of sp³-hybridized carbons (Fsp3) is 0.300. The first-order valence-corrected chi connectivity index (χ1v) is 8.84. The third-order valence-corrected chi connectivity index (χ3v) is 3.69. The fourth-order valence-electron chi connectivity index (χ4n) is 2.42. The monoisotopic (exact) mass is 500 g/mol. The molecule has 1 amide bonds. The molecule has 28 heavy (non-hydrogen) atoms. The molecule has 0 spiro atoms. The van der Waals surface area contributed by atoms with Gasteiger partial charge in [0.05, 0.1) is 6.54 Å². The molecule has 152 valence electrons. The number of guanidine groups is 1. The molecular weight excluding hydrogens is 474 g/mol. The summed E-state index contributed by atoms with van der Waals surface area (Å²) in [5.41, 5.74) is 6.68. The van der Waals surface area contributed by atoms with E-state index in [0.717, 1.165) is 5.56 Å². The Morgan fingerprint density at radius 2 is 1.96 bits per heavy atom. The van der Waals surface area contributed by atoms with Crippen LogP contribution in [0.4, 0.5) is 4.39 Å². The SMILES string of the molecule is CCNC(=NCc1cccc(OCC(N)=O)c1)NCCc1ccccc1F.I. The number of aliphatic imine (C=N–C) groups is 1. The Balaban J connectivity index is 0.00000392. The van der Waals surface area contributed by atoms with Crippen molar-refractivity contribution in [3.63, 3.8) is 0 Å². The summed E-state index contributed by atoms with van der Waals surface area (Å²) >= 11 is 0. The molecule has 0 aliphatic carbocycles. The Morgan fingerprint density at radius 1 is 1.18 bits per heavy atom. The summed E-state index contributed by atoms with van der Waals surface area (Å²) in [5.74, 6) is 0.497. The molecule has 0 radical (unpaired) electrons. The number of hydrogen-bond donors (Lipinski definition) is 3. The highest BCUT2D eigenvalue weighted by atomic mass is 127. The van der Waals surface area contributed by atoms with E-state index in [1.807, 2.05) is 31.2 Å². The number of ether oxygens (including phenoxy) is 1. The molecule has 2 aromatic carbocycles. The predicted molar refractivity (Wildman–Crippen MR) is 119 cm³/mol. The van der Waals surface area contributed by atoms with Crippen molar-refractivity contribution >= 4 is 35.8 Å².